The Morgan fingerprint density at radius 2 is 0.520 bits per heavy atom. The van der Waals surface area contributed by atoms with Crippen molar-refractivity contribution in [3.05, 3.63) is 340 Å². The summed E-state index contributed by atoms with van der Waals surface area (Å²) in [6, 6.07) is 127. The molecule has 0 unspecified atom stereocenters. The van der Waals surface area contributed by atoms with Crippen LogP contribution in [0.3, 0.4) is 0 Å². The fourth-order valence-corrected chi connectivity index (χ4v) is 19.6. The summed E-state index contributed by atoms with van der Waals surface area (Å²) in [5.41, 5.74) is 18.6. The molecule has 6 heteroatoms. The number of hydrogen-bond donors (Lipinski definition) is 0. The molecule has 0 spiro atoms. The van der Waals surface area contributed by atoms with Crippen molar-refractivity contribution < 1.29 is 0 Å². The van der Waals surface area contributed by atoms with Crippen LogP contribution in [0.2, 0.25) is 0 Å². The predicted octanol–water partition coefficient (Wildman–Crippen LogP) is 28.7. The van der Waals surface area contributed by atoms with E-state index in [1.165, 1.54) is 152 Å². The molecule has 0 aliphatic carbocycles. The molecule has 0 N–H and O–H groups in total. The van der Waals surface area contributed by atoms with Gasteiger partial charge in [-0.05, 0) is 217 Å². The Balaban J connectivity index is 0.657. The van der Waals surface area contributed by atoms with Gasteiger partial charge in [0.1, 0.15) is 0 Å². The Labute approximate surface area is 582 Å². The van der Waals surface area contributed by atoms with E-state index < -0.39 is 0 Å². The number of benzene rings is 16. The molecule has 0 radical (unpaired) electrons. The smallest absolute Gasteiger partial charge is 0.0468 e. The third kappa shape index (κ3) is 9.70. The van der Waals surface area contributed by atoms with Crippen LogP contribution in [0.25, 0.3) is 158 Å². The first-order valence-corrected chi connectivity index (χ1v) is 36.5. The van der Waals surface area contributed by atoms with Crippen molar-refractivity contribution in [3.8, 4) is 55.6 Å². The quantitative estimate of drug-likeness (QED) is 0.127. The second-order valence-electron chi connectivity index (χ2n) is 25.5. The zero-order chi connectivity index (χ0) is 64.4. The molecule has 0 aliphatic heterocycles. The van der Waals surface area contributed by atoms with Crippen LogP contribution in [0.15, 0.2) is 340 Å². The first kappa shape index (κ1) is 56.8. The highest BCUT2D eigenvalue weighted by molar-refractivity contribution is 7.27. The first-order chi connectivity index (χ1) is 48.5. The van der Waals surface area contributed by atoms with Crippen molar-refractivity contribution in [2.45, 2.75) is 0 Å². The summed E-state index contributed by atoms with van der Waals surface area (Å²) >= 11 is 7.47. The van der Waals surface area contributed by atoms with Gasteiger partial charge in [-0.3, -0.25) is 0 Å². The minimum absolute atomic E-state index is 1.10. The van der Waals surface area contributed by atoms with Crippen molar-refractivity contribution in [2.75, 3.05) is 9.80 Å². The molecular formula is C92H56N2S4. The highest BCUT2D eigenvalue weighted by atomic mass is 32.1. The first-order valence-electron chi connectivity index (χ1n) is 33.2. The Bertz CT molecular complexity index is 6620. The Hall–Kier alpha value is -11.5. The van der Waals surface area contributed by atoms with E-state index >= 15 is 0 Å². The molecule has 0 bridgehead atoms. The van der Waals surface area contributed by atoms with Gasteiger partial charge in [-0.2, -0.15) is 0 Å². The summed E-state index contributed by atoms with van der Waals surface area (Å²) in [7, 11) is 0. The number of hydrogen-bond acceptors (Lipinski definition) is 6. The highest BCUT2D eigenvalue weighted by Gasteiger charge is 2.22. The fraction of sp³-hybridized carbons (Fsp3) is 0. The maximum Gasteiger partial charge on any atom is 0.0468 e. The van der Waals surface area contributed by atoms with Crippen LogP contribution in [-0.2, 0) is 0 Å². The van der Waals surface area contributed by atoms with E-state index in [9.17, 15) is 0 Å². The molecule has 0 aliphatic rings. The lowest BCUT2D eigenvalue weighted by atomic mass is 9.96. The molecule has 2 nitrogen and oxygen atoms in total. The van der Waals surface area contributed by atoms with Gasteiger partial charge in [-0.15, -0.1) is 45.3 Å². The second-order valence-corrected chi connectivity index (χ2v) is 29.8. The van der Waals surface area contributed by atoms with Gasteiger partial charge in [0, 0.05) is 115 Å². The molecule has 16 aromatic carbocycles. The monoisotopic (exact) mass is 1320 g/mol. The van der Waals surface area contributed by atoms with Crippen LogP contribution in [-0.4, -0.2) is 0 Å². The minimum Gasteiger partial charge on any atom is -0.310 e. The van der Waals surface area contributed by atoms with Gasteiger partial charge in [0.25, 0.3) is 0 Å². The third-order valence-corrected chi connectivity index (χ3v) is 24.4. The molecule has 0 saturated heterocycles. The van der Waals surface area contributed by atoms with Gasteiger partial charge in [0.05, 0.1) is 0 Å². The number of rotatable bonds is 11. The van der Waals surface area contributed by atoms with Crippen molar-refractivity contribution in [3.63, 3.8) is 0 Å². The van der Waals surface area contributed by atoms with Gasteiger partial charge < -0.3 is 9.80 Å². The number of thiophene rings is 4. The van der Waals surface area contributed by atoms with Gasteiger partial charge in [-0.1, -0.05) is 200 Å². The molecule has 4 aromatic heterocycles. The molecule has 0 saturated carbocycles. The Morgan fingerprint density at radius 1 is 0.173 bits per heavy atom. The highest BCUT2D eigenvalue weighted by Crippen LogP contribution is 2.49. The lowest BCUT2D eigenvalue weighted by Crippen LogP contribution is -2.10. The molecule has 98 heavy (non-hydrogen) atoms. The molecule has 0 fully saturated rings. The maximum atomic E-state index is 2.45. The zero-order valence-electron chi connectivity index (χ0n) is 52.9. The zero-order valence-corrected chi connectivity index (χ0v) is 56.1. The molecule has 20 aromatic rings. The average Bonchev–Trinajstić information content (AvgIpc) is 1.60. The molecule has 4 heterocycles. The number of nitrogens with zero attached hydrogens (tertiary/aromatic N) is 2. The number of fused-ring (bicyclic) bond motifs is 14. The van der Waals surface area contributed by atoms with Crippen LogP contribution in [0.1, 0.15) is 0 Å². The van der Waals surface area contributed by atoms with Crippen molar-refractivity contribution in [1.82, 2.24) is 0 Å². The molecule has 458 valence electrons. The van der Waals surface area contributed by atoms with E-state index in [4.69, 9.17) is 0 Å². The van der Waals surface area contributed by atoms with E-state index in [-0.39, 0.29) is 0 Å². The van der Waals surface area contributed by atoms with Crippen LogP contribution >= 0.6 is 45.3 Å². The Kier molecular flexibility index (Phi) is 13.4. The van der Waals surface area contributed by atoms with E-state index in [1.807, 2.05) is 45.3 Å². The van der Waals surface area contributed by atoms with Crippen molar-refractivity contribution >= 4 is 182 Å². The SMILES string of the molecule is c1cc(-c2ccc3cc(-c4cccc5c4sc4ccc(N(c6cccc(-c7ccc8ccccc8c7)c6)c6cccc(-c7ccc8sc9ccccc9c8c7)c6)cc45)ccc3c2)cc(N(c2cccc(-c3cccc4sc5ccccc5c34)c2)c2ccc3sc4ccccc4c3c2)c1. The van der Waals surface area contributed by atoms with E-state index in [0.717, 1.165) is 39.7 Å². The summed E-state index contributed by atoms with van der Waals surface area (Å²) in [5, 5.41) is 15.2. The van der Waals surface area contributed by atoms with Gasteiger partial charge in [0.15, 0.2) is 0 Å². The minimum atomic E-state index is 1.10. The topological polar surface area (TPSA) is 6.48 Å². The van der Waals surface area contributed by atoms with Crippen LogP contribution in [0, 0.1) is 0 Å². The summed E-state index contributed by atoms with van der Waals surface area (Å²) in [4.78, 5) is 4.90. The average molecular weight is 1320 g/mol. The predicted molar refractivity (Wildman–Crippen MR) is 430 cm³/mol. The van der Waals surface area contributed by atoms with Crippen molar-refractivity contribution in [2.24, 2.45) is 0 Å². The van der Waals surface area contributed by atoms with Gasteiger partial charge in [-0.25, -0.2) is 0 Å². The number of anilines is 6. The molecule has 0 atom stereocenters. The third-order valence-electron chi connectivity index (χ3n) is 19.8. The van der Waals surface area contributed by atoms with Gasteiger partial charge >= 0.3 is 0 Å². The Morgan fingerprint density at radius 3 is 1.14 bits per heavy atom. The van der Waals surface area contributed by atoms with Crippen LogP contribution in [0.4, 0.5) is 34.1 Å². The summed E-state index contributed by atoms with van der Waals surface area (Å²) < 4.78 is 10.4. The van der Waals surface area contributed by atoms with Crippen molar-refractivity contribution in [1.29, 1.82) is 0 Å². The molecule has 0 amide bonds. The van der Waals surface area contributed by atoms with Gasteiger partial charge in [0.2, 0.25) is 0 Å². The van der Waals surface area contributed by atoms with E-state index in [0.29, 0.717) is 0 Å². The normalized spacial score (nSPS) is 11.9. The summed E-state index contributed by atoms with van der Waals surface area (Å²) in [6.45, 7) is 0. The van der Waals surface area contributed by atoms with E-state index in [1.54, 1.807) is 0 Å². The largest absolute Gasteiger partial charge is 0.310 e. The lowest BCUT2D eigenvalue weighted by Gasteiger charge is -2.27. The van der Waals surface area contributed by atoms with Crippen LogP contribution in [0.5, 0.6) is 0 Å². The summed E-state index contributed by atoms with van der Waals surface area (Å²) in [5.74, 6) is 0. The van der Waals surface area contributed by atoms with Crippen LogP contribution < -0.4 is 9.80 Å². The molecule has 20 rings (SSSR count). The second kappa shape index (κ2) is 23.1. The maximum absolute atomic E-state index is 2.45. The lowest BCUT2D eigenvalue weighted by molar-refractivity contribution is 1.29. The van der Waals surface area contributed by atoms with E-state index in [2.05, 4.69) is 350 Å². The fourth-order valence-electron chi connectivity index (χ4n) is 15.1. The summed E-state index contributed by atoms with van der Waals surface area (Å²) in [6.07, 6.45) is 0. The molecular weight excluding hydrogens is 1260 g/mol. The standard InChI is InChI=1S/C92H56N2S4/c1-2-16-58-47-62(36-35-57(58)15-1)59-17-9-21-69(50-59)93(71-23-11-19-61(52-71)66-41-44-87-81(54-66)77-25-3-6-31-84(77)95-87)74-43-46-89-83(56-74)79-30-13-29-76(92(79)98-89)68-40-39-64-48-63(37-38-65(64)49-68)60-18-10-22-70(51-60)94(73-42-45-88-82(55-73)78-26-4-7-32-85(78)96-88)72-24-12-20-67(53-72)75-28-14-34-90-91(75)80-27-5-8-33-86(80)97-90/h1-56H.